The standard InChI is InChI=1S/C15H24N2O3S/c1-3-16-10-8-13-4-6-14(7-5-13)21(18,19)17-15(2)9-11-20-12-15/h4-7,16-17H,3,8-12H2,1-2H3. The highest BCUT2D eigenvalue weighted by Gasteiger charge is 2.34. The molecule has 0 spiro atoms. The summed E-state index contributed by atoms with van der Waals surface area (Å²) in [6, 6.07) is 7.09. The summed E-state index contributed by atoms with van der Waals surface area (Å²) in [6.45, 7) is 6.81. The fraction of sp³-hybridized carbons (Fsp3) is 0.600. The highest BCUT2D eigenvalue weighted by atomic mass is 32.2. The van der Waals surface area contributed by atoms with Crippen molar-refractivity contribution >= 4 is 10.0 Å². The Balaban J connectivity index is 2.03. The zero-order valence-electron chi connectivity index (χ0n) is 12.7. The summed E-state index contributed by atoms with van der Waals surface area (Å²) in [4.78, 5) is 0.308. The molecule has 0 radical (unpaired) electrons. The molecule has 1 aromatic rings. The van der Waals surface area contributed by atoms with Crippen LogP contribution in [0.2, 0.25) is 0 Å². The van der Waals surface area contributed by atoms with Crippen molar-refractivity contribution in [2.24, 2.45) is 0 Å². The van der Waals surface area contributed by atoms with Gasteiger partial charge in [-0.1, -0.05) is 19.1 Å². The molecule has 21 heavy (non-hydrogen) atoms. The summed E-state index contributed by atoms with van der Waals surface area (Å²) in [5.41, 5.74) is 0.632. The first-order valence-electron chi connectivity index (χ1n) is 7.37. The Morgan fingerprint density at radius 3 is 2.57 bits per heavy atom. The summed E-state index contributed by atoms with van der Waals surface area (Å²) in [7, 11) is -3.49. The molecule has 118 valence electrons. The number of hydrogen-bond acceptors (Lipinski definition) is 4. The molecule has 0 saturated carbocycles. The van der Waals surface area contributed by atoms with Crippen LogP contribution in [0.1, 0.15) is 25.8 Å². The van der Waals surface area contributed by atoms with E-state index in [4.69, 9.17) is 4.74 Å². The zero-order chi connectivity index (χ0) is 15.3. The van der Waals surface area contributed by atoms with Crippen LogP contribution in [0.5, 0.6) is 0 Å². The van der Waals surface area contributed by atoms with Crippen molar-refractivity contribution in [3.05, 3.63) is 29.8 Å². The van der Waals surface area contributed by atoms with E-state index in [0.29, 0.717) is 24.5 Å². The number of benzene rings is 1. The maximum Gasteiger partial charge on any atom is 0.241 e. The summed E-state index contributed by atoms with van der Waals surface area (Å²) < 4.78 is 32.8. The molecule has 1 heterocycles. The lowest BCUT2D eigenvalue weighted by Gasteiger charge is -2.23. The van der Waals surface area contributed by atoms with Crippen LogP contribution in [0.4, 0.5) is 0 Å². The van der Waals surface area contributed by atoms with Crippen molar-refractivity contribution in [1.82, 2.24) is 10.0 Å². The SMILES string of the molecule is CCNCCc1ccc(S(=O)(=O)NC2(C)CCOC2)cc1. The number of hydrogen-bond donors (Lipinski definition) is 2. The fourth-order valence-corrected chi connectivity index (χ4v) is 3.80. The van der Waals surface area contributed by atoms with Crippen LogP contribution < -0.4 is 10.0 Å². The van der Waals surface area contributed by atoms with Gasteiger partial charge in [-0.05, 0) is 50.6 Å². The van der Waals surface area contributed by atoms with Crippen LogP contribution in [0, 0.1) is 0 Å². The second-order valence-corrected chi connectivity index (χ2v) is 7.40. The van der Waals surface area contributed by atoms with Crippen molar-refractivity contribution in [2.75, 3.05) is 26.3 Å². The van der Waals surface area contributed by atoms with Gasteiger partial charge in [-0.3, -0.25) is 0 Å². The Hall–Kier alpha value is -0.950. The third kappa shape index (κ3) is 4.51. The first-order valence-corrected chi connectivity index (χ1v) is 8.85. The third-order valence-corrected chi connectivity index (χ3v) is 5.33. The van der Waals surface area contributed by atoms with Crippen LogP contribution in [0.25, 0.3) is 0 Å². The highest BCUT2D eigenvalue weighted by molar-refractivity contribution is 7.89. The topological polar surface area (TPSA) is 67.4 Å². The Bertz CT molecular complexity index is 549. The number of nitrogens with one attached hydrogen (secondary N) is 2. The lowest BCUT2D eigenvalue weighted by atomic mass is 10.0. The number of ether oxygens (including phenoxy) is 1. The van der Waals surface area contributed by atoms with Gasteiger partial charge < -0.3 is 10.1 Å². The molecule has 2 N–H and O–H groups in total. The predicted octanol–water partition coefficient (Wildman–Crippen LogP) is 1.30. The van der Waals surface area contributed by atoms with Crippen molar-refractivity contribution in [3.63, 3.8) is 0 Å². The largest absolute Gasteiger partial charge is 0.379 e. The Morgan fingerprint density at radius 1 is 1.29 bits per heavy atom. The second-order valence-electron chi connectivity index (χ2n) is 5.72. The van der Waals surface area contributed by atoms with Gasteiger partial charge in [0, 0.05) is 6.61 Å². The van der Waals surface area contributed by atoms with Gasteiger partial charge in [-0.2, -0.15) is 0 Å². The molecule has 1 fully saturated rings. The molecule has 1 unspecified atom stereocenters. The molecule has 0 bridgehead atoms. The Kier molecular flexibility index (Phi) is 5.37. The van der Waals surface area contributed by atoms with Crippen molar-refractivity contribution in [3.8, 4) is 0 Å². The number of sulfonamides is 1. The molecule has 5 nitrogen and oxygen atoms in total. The first kappa shape index (κ1) is 16.4. The monoisotopic (exact) mass is 312 g/mol. The van der Waals surface area contributed by atoms with Gasteiger partial charge in [0.15, 0.2) is 0 Å². The van der Waals surface area contributed by atoms with E-state index in [1.54, 1.807) is 12.1 Å². The minimum Gasteiger partial charge on any atom is -0.379 e. The van der Waals surface area contributed by atoms with Crippen LogP contribution in [-0.2, 0) is 21.2 Å². The van der Waals surface area contributed by atoms with Crippen molar-refractivity contribution < 1.29 is 13.2 Å². The minimum absolute atomic E-state index is 0.308. The molecule has 0 amide bonds. The van der Waals surface area contributed by atoms with Gasteiger partial charge in [0.2, 0.25) is 10.0 Å². The highest BCUT2D eigenvalue weighted by Crippen LogP contribution is 2.21. The normalized spacial score (nSPS) is 22.6. The molecule has 0 aliphatic carbocycles. The zero-order valence-corrected chi connectivity index (χ0v) is 13.5. The van der Waals surface area contributed by atoms with E-state index in [9.17, 15) is 8.42 Å². The van der Waals surface area contributed by atoms with Gasteiger partial charge >= 0.3 is 0 Å². The molecular weight excluding hydrogens is 288 g/mol. The van der Waals surface area contributed by atoms with Crippen molar-refractivity contribution in [1.29, 1.82) is 0 Å². The Labute approximate surface area is 127 Å². The maximum absolute atomic E-state index is 12.4. The predicted molar refractivity (Wildman–Crippen MR) is 82.9 cm³/mol. The molecule has 1 atom stereocenters. The van der Waals surface area contributed by atoms with Crippen molar-refractivity contribution in [2.45, 2.75) is 37.1 Å². The molecule has 1 saturated heterocycles. The van der Waals surface area contributed by atoms with Crippen LogP contribution in [0.3, 0.4) is 0 Å². The van der Waals surface area contributed by atoms with Gasteiger partial charge in [0.05, 0.1) is 17.0 Å². The van der Waals surface area contributed by atoms with Crippen LogP contribution >= 0.6 is 0 Å². The fourth-order valence-electron chi connectivity index (χ4n) is 2.38. The Morgan fingerprint density at radius 2 is 2.00 bits per heavy atom. The van der Waals surface area contributed by atoms with E-state index in [1.807, 2.05) is 19.1 Å². The molecular formula is C15H24N2O3S. The molecule has 1 aliphatic rings. The average molecular weight is 312 g/mol. The molecule has 2 rings (SSSR count). The summed E-state index contributed by atoms with van der Waals surface area (Å²) in [6.07, 6.45) is 1.60. The third-order valence-electron chi connectivity index (χ3n) is 3.67. The lowest BCUT2D eigenvalue weighted by Crippen LogP contribution is -2.46. The lowest BCUT2D eigenvalue weighted by molar-refractivity contribution is 0.178. The summed E-state index contributed by atoms with van der Waals surface area (Å²) >= 11 is 0. The van der Waals surface area contributed by atoms with Crippen LogP contribution in [0.15, 0.2) is 29.2 Å². The summed E-state index contributed by atoms with van der Waals surface area (Å²) in [5, 5.41) is 3.25. The van der Waals surface area contributed by atoms with E-state index < -0.39 is 15.6 Å². The van der Waals surface area contributed by atoms with E-state index in [1.165, 1.54) is 0 Å². The van der Waals surface area contributed by atoms with E-state index in [-0.39, 0.29) is 0 Å². The molecule has 0 aromatic heterocycles. The summed E-state index contributed by atoms with van der Waals surface area (Å²) in [5.74, 6) is 0. The van der Waals surface area contributed by atoms with E-state index >= 15 is 0 Å². The van der Waals surface area contributed by atoms with Gasteiger partial charge in [-0.15, -0.1) is 0 Å². The van der Waals surface area contributed by atoms with Gasteiger partial charge in [0.25, 0.3) is 0 Å². The minimum atomic E-state index is -3.49. The number of likely N-dealkylation sites (N-methyl/N-ethyl adjacent to an activating group) is 1. The molecule has 1 aromatic carbocycles. The molecule has 6 heteroatoms. The second kappa shape index (κ2) is 6.87. The van der Waals surface area contributed by atoms with Gasteiger partial charge in [0.1, 0.15) is 0 Å². The first-order chi connectivity index (χ1) is 9.95. The van der Waals surface area contributed by atoms with E-state index in [0.717, 1.165) is 25.1 Å². The van der Waals surface area contributed by atoms with Crippen LogP contribution in [-0.4, -0.2) is 40.3 Å². The van der Waals surface area contributed by atoms with E-state index in [2.05, 4.69) is 17.0 Å². The number of rotatable bonds is 7. The quantitative estimate of drug-likeness (QED) is 0.745. The van der Waals surface area contributed by atoms with Gasteiger partial charge in [-0.25, -0.2) is 13.1 Å². The average Bonchev–Trinajstić information content (AvgIpc) is 2.85. The molecule has 1 aliphatic heterocycles. The maximum atomic E-state index is 12.4. The smallest absolute Gasteiger partial charge is 0.241 e.